The molecule has 0 saturated carbocycles. The van der Waals surface area contributed by atoms with Crippen LogP contribution in [0.1, 0.15) is 0 Å². The average molecular weight is 294 g/mol. The van der Waals surface area contributed by atoms with Crippen molar-refractivity contribution in [3.63, 3.8) is 0 Å². The van der Waals surface area contributed by atoms with E-state index in [2.05, 4.69) is 4.98 Å². The van der Waals surface area contributed by atoms with Gasteiger partial charge in [0.2, 0.25) is 0 Å². The van der Waals surface area contributed by atoms with Crippen LogP contribution in [0.15, 0.2) is 59.8 Å². The number of nitrogens with zero attached hydrogens (tertiary/aromatic N) is 2. The molecule has 0 spiro atoms. The molecule has 2 nitrogen and oxygen atoms in total. The van der Waals surface area contributed by atoms with E-state index < -0.39 is 5.51 Å². The van der Waals surface area contributed by atoms with Gasteiger partial charge in [-0.05, 0) is 12.1 Å². The highest BCUT2D eigenvalue weighted by molar-refractivity contribution is 8.00. The van der Waals surface area contributed by atoms with E-state index in [1.165, 1.54) is 4.40 Å². The van der Waals surface area contributed by atoms with Gasteiger partial charge in [0.1, 0.15) is 16.4 Å². The number of rotatable bonds is 2. The number of thioether (sulfide) groups is 1. The van der Waals surface area contributed by atoms with Crippen LogP contribution in [0.5, 0.6) is 0 Å². The molecule has 0 aliphatic rings. The van der Waals surface area contributed by atoms with Crippen molar-refractivity contribution in [2.24, 2.45) is 0 Å². The number of alkyl halides is 3. The van der Waals surface area contributed by atoms with Crippen LogP contribution < -0.4 is 0 Å². The highest BCUT2D eigenvalue weighted by Gasteiger charge is 2.33. The largest absolute Gasteiger partial charge is 0.447 e. The van der Waals surface area contributed by atoms with Crippen molar-refractivity contribution < 1.29 is 13.2 Å². The molecule has 0 aliphatic heterocycles. The number of pyridine rings is 1. The summed E-state index contributed by atoms with van der Waals surface area (Å²) < 4.78 is 39.8. The molecule has 0 aliphatic carbocycles. The minimum absolute atomic E-state index is 0.0827. The molecule has 2 aromatic heterocycles. The molecular weight excluding hydrogens is 285 g/mol. The Morgan fingerprint density at radius 2 is 1.65 bits per heavy atom. The summed E-state index contributed by atoms with van der Waals surface area (Å²) >= 11 is -0.141. The highest BCUT2D eigenvalue weighted by Crippen LogP contribution is 2.41. The van der Waals surface area contributed by atoms with E-state index in [0.29, 0.717) is 16.9 Å². The van der Waals surface area contributed by atoms with E-state index in [4.69, 9.17) is 0 Å². The molecule has 6 heteroatoms. The Balaban J connectivity index is 2.23. The lowest BCUT2D eigenvalue weighted by atomic mass is 10.2. The summed E-state index contributed by atoms with van der Waals surface area (Å²) in [4.78, 5) is 4.31. The Morgan fingerprint density at radius 3 is 2.35 bits per heavy atom. The van der Waals surface area contributed by atoms with Gasteiger partial charge in [-0.1, -0.05) is 36.4 Å². The third-order valence-corrected chi connectivity index (χ3v) is 3.56. The molecule has 3 rings (SSSR count). The van der Waals surface area contributed by atoms with Crippen molar-refractivity contribution in [2.45, 2.75) is 10.5 Å². The monoisotopic (exact) mass is 294 g/mol. The molecule has 0 N–H and O–H groups in total. The lowest BCUT2D eigenvalue weighted by Gasteiger charge is -2.07. The average Bonchev–Trinajstić information content (AvgIpc) is 2.77. The van der Waals surface area contributed by atoms with Crippen LogP contribution in [0.4, 0.5) is 13.2 Å². The van der Waals surface area contributed by atoms with Gasteiger partial charge in [-0.3, -0.25) is 4.40 Å². The van der Waals surface area contributed by atoms with Gasteiger partial charge in [-0.25, -0.2) is 4.98 Å². The Kier molecular flexibility index (Phi) is 3.17. The van der Waals surface area contributed by atoms with E-state index in [9.17, 15) is 13.2 Å². The zero-order valence-corrected chi connectivity index (χ0v) is 10.9. The number of halogens is 3. The third kappa shape index (κ3) is 2.51. The van der Waals surface area contributed by atoms with E-state index in [-0.39, 0.29) is 16.8 Å². The van der Waals surface area contributed by atoms with Crippen LogP contribution in [0, 0.1) is 0 Å². The molecule has 0 fully saturated rings. The first-order valence-electron chi connectivity index (χ1n) is 5.83. The van der Waals surface area contributed by atoms with Gasteiger partial charge < -0.3 is 0 Å². The number of fused-ring (bicyclic) bond motifs is 1. The predicted octanol–water partition coefficient (Wildman–Crippen LogP) is 4.61. The summed E-state index contributed by atoms with van der Waals surface area (Å²) in [7, 11) is 0. The molecule has 0 radical (unpaired) electrons. The smallest absolute Gasteiger partial charge is 0.294 e. The molecule has 20 heavy (non-hydrogen) atoms. The summed E-state index contributed by atoms with van der Waals surface area (Å²) in [5.74, 6) is 0. The SMILES string of the molecule is FC(F)(F)Sc1c(-c2ccccc2)nc2ccccn12. The van der Waals surface area contributed by atoms with E-state index in [1.807, 2.05) is 6.07 Å². The Morgan fingerprint density at radius 1 is 0.950 bits per heavy atom. The van der Waals surface area contributed by atoms with Crippen LogP contribution in [-0.2, 0) is 0 Å². The van der Waals surface area contributed by atoms with Crippen molar-refractivity contribution in [1.29, 1.82) is 0 Å². The second-order valence-electron chi connectivity index (χ2n) is 4.11. The van der Waals surface area contributed by atoms with Gasteiger partial charge in [-0.15, -0.1) is 0 Å². The minimum Gasteiger partial charge on any atom is -0.294 e. The second kappa shape index (κ2) is 4.86. The number of hydrogen-bond acceptors (Lipinski definition) is 2. The van der Waals surface area contributed by atoms with E-state index in [1.54, 1.807) is 48.7 Å². The Labute approximate surface area is 117 Å². The van der Waals surface area contributed by atoms with Crippen LogP contribution in [0.2, 0.25) is 0 Å². The fourth-order valence-electron chi connectivity index (χ4n) is 1.96. The second-order valence-corrected chi connectivity index (χ2v) is 5.16. The van der Waals surface area contributed by atoms with E-state index >= 15 is 0 Å². The first kappa shape index (κ1) is 13.1. The van der Waals surface area contributed by atoms with Gasteiger partial charge in [0, 0.05) is 23.5 Å². The molecule has 2 heterocycles. The normalized spacial score (nSPS) is 11.9. The Bertz CT molecular complexity index is 735. The third-order valence-electron chi connectivity index (χ3n) is 2.75. The molecule has 1 aromatic carbocycles. The molecule has 0 atom stereocenters. The number of aromatic nitrogens is 2. The lowest BCUT2D eigenvalue weighted by Crippen LogP contribution is -2.01. The minimum atomic E-state index is -4.35. The molecule has 0 amide bonds. The number of benzene rings is 1. The summed E-state index contributed by atoms with van der Waals surface area (Å²) in [6, 6.07) is 14.0. The van der Waals surface area contributed by atoms with Gasteiger partial charge in [0.05, 0.1) is 0 Å². The van der Waals surface area contributed by atoms with Crippen molar-refractivity contribution in [1.82, 2.24) is 9.38 Å². The van der Waals surface area contributed by atoms with Crippen molar-refractivity contribution in [3.05, 3.63) is 54.7 Å². The van der Waals surface area contributed by atoms with Gasteiger partial charge in [0.15, 0.2) is 0 Å². The van der Waals surface area contributed by atoms with Gasteiger partial charge in [0.25, 0.3) is 0 Å². The number of hydrogen-bond donors (Lipinski definition) is 0. The zero-order valence-electron chi connectivity index (χ0n) is 10.1. The van der Waals surface area contributed by atoms with Crippen molar-refractivity contribution in [3.8, 4) is 11.3 Å². The maximum atomic E-state index is 12.8. The fourth-order valence-corrected chi connectivity index (χ4v) is 2.70. The summed E-state index contributed by atoms with van der Waals surface area (Å²) in [5.41, 5.74) is -2.84. The Hall–Kier alpha value is -1.95. The first-order chi connectivity index (χ1) is 9.54. The van der Waals surface area contributed by atoms with Crippen molar-refractivity contribution >= 4 is 17.4 Å². The van der Waals surface area contributed by atoms with Gasteiger partial charge >= 0.3 is 5.51 Å². The molecule has 0 unspecified atom stereocenters. The van der Waals surface area contributed by atoms with Crippen LogP contribution in [0.25, 0.3) is 16.9 Å². The van der Waals surface area contributed by atoms with Crippen molar-refractivity contribution in [2.75, 3.05) is 0 Å². The van der Waals surface area contributed by atoms with Gasteiger partial charge in [-0.2, -0.15) is 13.2 Å². The molecular formula is C14H9F3N2S. The molecule has 3 aromatic rings. The van der Waals surface area contributed by atoms with E-state index in [0.717, 1.165) is 0 Å². The summed E-state index contributed by atoms with van der Waals surface area (Å²) in [5, 5.41) is 0.0827. The predicted molar refractivity (Wildman–Crippen MR) is 72.5 cm³/mol. The topological polar surface area (TPSA) is 17.3 Å². The maximum absolute atomic E-state index is 12.8. The fraction of sp³-hybridized carbons (Fsp3) is 0.0714. The van der Waals surface area contributed by atoms with Crippen LogP contribution >= 0.6 is 11.8 Å². The molecule has 0 bridgehead atoms. The standard InChI is InChI=1S/C14H9F3N2S/c15-14(16,17)20-13-12(10-6-2-1-3-7-10)18-11-8-4-5-9-19(11)13/h1-9H. The zero-order chi connectivity index (χ0) is 14.2. The molecule has 102 valence electrons. The lowest BCUT2D eigenvalue weighted by molar-refractivity contribution is -0.0329. The quantitative estimate of drug-likeness (QED) is 0.642. The van der Waals surface area contributed by atoms with Crippen LogP contribution in [-0.4, -0.2) is 14.9 Å². The highest BCUT2D eigenvalue weighted by atomic mass is 32.2. The molecule has 0 saturated heterocycles. The maximum Gasteiger partial charge on any atom is 0.447 e. The van der Waals surface area contributed by atoms with Crippen LogP contribution in [0.3, 0.4) is 0 Å². The number of imidazole rings is 1. The summed E-state index contributed by atoms with van der Waals surface area (Å²) in [6.07, 6.45) is 1.59. The summed E-state index contributed by atoms with van der Waals surface area (Å²) in [6.45, 7) is 0. The first-order valence-corrected chi connectivity index (χ1v) is 6.64.